The zero-order valence-electron chi connectivity index (χ0n) is 12.0. The highest BCUT2D eigenvalue weighted by Crippen LogP contribution is 2.30. The average molecular weight is 304 g/mol. The minimum Gasteiger partial charge on any atom is -0.464 e. The van der Waals surface area contributed by atoms with E-state index >= 15 is 0 Å². The van der Waals surface area contributed by atoms with Crippen molar-refractivity contribution < 1.29 is 9.21 Å². The second-order valence-corrected chi connectivity index (χ2v) is 5.77. The molecule has 1 saturated carbocycles. The summed E-state index contributed by atoms with van der Waals surface area (Å²) in [5.74, 6) is 2.24. The maximum absolute atomic E-state index is 12.7. The molecule has 1 aliphatic carbocycles. The largest absolute Gasteiger partial charge is 0.464 e. The number of hydrogen-bond acceptors (Lipinski definition) is 2. The highest BCUT2D eigenvalue weighted by Gasteiger charge is 2.33. The van der Waals surface area contributed by atoms with Crippen LogP contribution in [0, 0.1) is 6.92 Å². The van der Waals surface area contributed by atoms with Crippen molar-refractivity contribution in [2.75, 3.05) is 0 Å². The average Bonchev–Trinajstić information content (AvgIpc) is 3.27. The number of benzene rings is 1. The quantitative estimate of drug-likeness (QED) is 0.778. The SMILES string of the molecule is Cc1ccc(CN(C(=O)c2ccc(CCl)cc2)C2CC2)o1. The van der Waals surface area contributed by atoms with E-state index in [2.05, 4.69) is 0 Å². The summed E-state index contributed by atoms with van der Waals surface area (Å²) in [6.45, 7) is 2.45. The molecule has 0 saturated heterocycles. The first-order chi connectivity index (χ1) is 10.2. The van der Waals surface area contributed by atoms with Crippen LogP contribution in [0.15, 0.2) is 40.8 Å². The third kappa shape index (κ3) is 3.30. The molecule has 1 aliphatic rings. The summed E-state index contributed by atoms with van der Waals surface area (Å²) in [5, 5.41) is 0. The van der Waals surface area contributed by atoms with Crippen LogP contribution >= 0.6 is 11.6 Å². The maximum Gasteiger partial charge on any atom is 0.254 e. The zero-order valence-corrected chi connectivity index (χ0v) is 12.8. The van der Waals surface area contributed by atoms with Crippen LogP contribution in [0.4, 0.5) is 0 Å². The Morgan fingerprint density at radius 1 is 1.24 bits per heavy atom. The predicted molar refractivity (Wildman–Crippen MR) is 82.3 cm³/mol. The molecule has 110 valence electrons. The van der Waals surface area contributed by atoms with Crippen LogP contribution in [0.5, 0.6) is 0 Å². The lowest BCUT2D eigenvalue weighted by atomic mass is 10.1. The molecule has 0 spiro atoms. The first-order valence-electron chi connectivity index (χ1n) is 7.18. The lowest BCUT2D eigenvalue weighted by molar-refractivity contribution is 0.0717. The molecule has 3 nitrogen and oxygen atoms in total. The van der Waals surface area contributed by atoms with E-state index in [9.17, 15) is 4.79 Å². The van der Waals surface area contributed by atoms with Crippen molar-refractivity contribution in [2.45, 2.75) is 38.2 Å². The molecular formula is C17H18ClNO2. The summed E-state index contributed by atoms with van der Waals surface area (Å²) in [5.41, 5.74) is 1.73. The van der Waals surface area contributed by atoms with Gasteiger partial charge in [-0.3, -0.25) is 4.79 Å². The van der Waals surface area contributed by atoms with Gasteiger partial charge < -0.3 is 9.32 Å². The van der Waals surface area contributed by atoms with Gasteiger partial charge in [0.2, 0.25) is 0 Å². The van der Waals surface area contributed by atoms with Crippen molar-refractivity contribution in [3.05, 3.63) is 59.0 Å². The highest BCUT2D eigenvalue weighted by molar-refractivity contribution is 6.17. The highest BCUT2D eigenvalue weighted by atomic mass is 35.5. The van der Waals surface area contributed by atoms with E-state index in [1.165, 1.54) is 0 Å². The molecule has 1 aromatic carbocycles. The number of carbonyl (C=O) groups is 1. The molecule has 1 amide bonds. The van der Waals surface area contributed by atoms with Gasteiger partial charge in [-0.25, -0.2) is 0 Å². The molecule has 0 unspecified atom stereocenters. The Balaban J connectivity index is 1.77. The molecule has 2 aromatic rings. The van der Waals surface area contributed by atoms with E-state index < -0.39 is 0 Å². The maximum atomic E-state index is 12.7. The molecule has 1 aromatic heterocycles. The Hall–Kier alpha value is -1.74. The van der Waals surface area contributed by atoms with Gasteiger partial charge in [-0.15, -0.1) is 11.6 Å². The zero-order chi connectivity index (χ0) is 14.8. The van der Waals surface area contributed by atoms with Gasteiger partial charge in [-0.2, -0.15) is 0 Å². The third-order valence-corrected chi connectivity index (χ3v) is 4.03. The van der Waals surface area contributed by atoms with Gasteiger partial charge in [0.05, 0.1) is 6.54 Å². The second-order valence-electron chi connectivity index (χ2n) is 5.51. The number of aryl methyl sites for hydroxylation is 1. The molecule has 21 heavy (non-hydrogen) atoms. The van der Waals surface area contributed by atoms with Crippen molar-refractivity contribution in [1.82, 2.24) is 4.90 Å². The van der Waals surface area contributed by atoms with Crippen LogP contribution in [-0.2, 0) is 12.4 Å². The molecule has 3 rings (SSSR count). The summed E-state index contributed by atoms with van der Waals surface area (Å²) >= 11 is 5.78. The normalized spacial score (nSPS) is 14.2. The van der Waals surface area contributed by atoms with E-state index in [1.807, 2.05) is 48.2 Å². The van der Waals surface area contributed by atoms with Crippen LogP contribution in [-0.4, -0.2) is 16.8 Å². The number of carbonyl (C=O) groups excluding carboxylic acids is 1. The van der Waals surface area contributed by atoms with Crippen molar-refractivity contribution in [3.63, 3.8) is 0 Å². The molecule has 0 atom stereocenters. The molecule has 0 radical (unpaired) electrons. The lowest BCUT2D eigenvalue weighted by Gasteiger charge is -2.21. The van der Waals surface area contributed by atoms with Gasteiger partial charge >= 0.3 is 0 Å². The van der Waals surface area contributed by atoms with Gasteiger partial charge in [0, 0.05) is 17.5 Å². The molecule has 1 heterocycles. The van der Waals surface area contributed by atoms with E-state index in [-0.39, 0.29) is 5.91 Å². The Bertz CT molecular complexity index is 628. The Morgan fingerprint density at radius 3 is 2.48 bits per heavy atom. The lowest BCUT2D eigenvalue weighted by Crippen LogP contribution is -2.32. The fourth-order valence-electron chi connectivity index (χ4n) is 2.39. The fourth-order valence-corrected chi connectivity index (χ4v) is 2.57. The van der Waals surface area contributed by atoms with Crippen LogP contribution in [0.3, 0.4) is 0 Å². The van der Waals surface area contributed by atoms with Crippen molar-refractivity contribution in [2.24, 2.45) is 0 Å². The predicted octanol–water partition coefficient (Wildman–Crippen LogP) is 4.13. The summed E-state index contributed by atoms with van der Waals surface area (Å²) in [6, 6.07) is 11.7. The smallest absolute Gasteiger partial charge is 0.254 e. The minimum atomic E-state index is 0.0627. The standard InChI is InChI=1S/C17H18ClNO2/c1-12-2-9-16(21-12)11-19(15-7-8-15)17(20)14-5-3-13(10-18)4-6-14/h2-6,9,15H,7-8,10-11H2,1H3. The minimum absolute atomic E-state index is 0.0627. The molecule has 0 N–H and O–H groups in total. The monoisotopic (exact) mass is 303 g/mol. The van der Waals surface area contributed by atoms with Crippen LogP contribution in [0.1, 0.15) is 40.3 Å². The second kappa shape index (κ2) is 5.94. The summed E-state index contributed by atoms with van der Waals surface area (Å²) in [4.78, 5) is 14.6. The van der Waals surface area contributed by atoms with Crippen molar-refractivity contribution in [3.8, 4) is 0 Å². The Kier molecular flexibility index (Phi) is 4.02. The Labute approximate surface area is 129 Å². The van der Waals surface area contributed by atoms with E-state index in [0.717, 1.165) is 29.9 Å². The number of nitrogens with zero attached hydrogens (tertiary/aromatic N) is 1. The van der Waals surface area contributed by atoms with Gasteiger partial charge in [0.1, 0.15) is 11.5 Å². The number of amides is 1. The first kappa shape index (κ1) is 14.2. The summed E-state index contributed by atoms with van der Waals surface area (Å²) in [7, 11) is 0. The topological polar surface area (TPSA) is 33.5 Å². The molecule has 1 fully saturated rings. The number of rotatable bonds is 5. The van der Waals surface area contributed by atoms with Gasteiger partial charge in [-0.1, -0.05) is 12.1 Å². The van der Waals surface area contributed by atoms with Crippen molar-refractivity contribution in [1.29, 1.82) is 0 Å². The number of alkyl halides is 1. The number of furan rings is 1. The van der Waals surface area contributed by atoms with E-state index in [0.29, 0.717) is 24.0 Å². The number of halogens is 1. The van der Waals surface area contributed by atoms with Crippen LogP contribution in [0.25, 0.3) is 0 Å². The molecule has 4 heteroatoms. The van der Waals surface area contributed by atoms with E-state index in [1.54, 1.807) is 0 Å². The molecule has 0 aliphatic heterocycles. The fraction of sp³-hybridized carbons (Fsp3) is 0.353. The first-order valence-corrected chi connectivity index (χ1v) is 7.72. The van der Waals surface area contributed by atoms with Crippen LogP contribution in [0.2, 0.25) is 0 Å². The molecular weight excluding hydrogens is 286 g/mol. The third-order valence-electron chi connectivity index (χ3n) is 3.73. The summed E-state index contributed by atoms with van der Waals surface area (Å²) < 4.78 is 5.60. The summed E-state index contributed by atoms with van der Waals surface area (Å²) in [6.07, 6.45) is 2.15. The van der Waals surface area contributed by atoms with E-state index in [4.69, 9.17) is 16.0 Å². The van der Waals surface area contributed by atoms with Gasteiger partial charge in [0.25, 0.3) is 5.91 Å². The van der Waals surface area contributed by atoms with Crippen molar-refractivity contribution >= 4 is 17.5 Å². The molecule has 0 bridgehead atoms. The number of hydrogen-bond donors (Lipinski definition) is 0. The van der Waals surface area contributed by atoms with Gasteiger partial charge in [0.15, 0.2) is 0 Å². The Morgan fingerprint density at radius 2 is 1.95 bits per heavy atom. The van der Waals surface area contributed by atoms with Crippen LogP contribution < -0.4 is 0 Å². The van der Waals surface area contributed by atoms with Gasteiger partial charge in [-0.05, 0) is 49.6 Å².